The van der Waals surface area contributed by atoms with Crippen molar-refractivity contribution in [2.75, 3.05) is 0 Å². The Morgan fingerprint density at radius 1 is 1.23 bits per heavy atom. The molecule has 76 valence electrons. The second-order valence-corrected chi connectivity index (χ2v) is 3.33. The third-order valence-electron chi connectivity index (χ3n) is 2.12. The maximum atomic E-state index is 10.8. The molecule has 1 unspecified atom stereocenters. The Morgan fingerprint density at radius 3 is 2.23 bits per heavy atom. The first-order valence-electron chi connectivity index (χ1n) is 4.81. The van der Waals surface area contributed by atoms with Crippen LogP contribution in [0, 0.1) is 5.92 Å². The highest BCUT2D eigenvalue weighted by Gasteiger charge is 2.14. The molecule has 0 amide bonds. The Kier molecular flexibility index (Phi) is 6.20. The first-order chi connectivity index (χ1) is 6.09. The van der Waals surface area contributed by atoms with Crippen molar-refractivity contribution in [2.45, 2.75) is 46.0 Å². The molecule has 3 nitrogen and oxygen atoms in total. The van der Waals surface area contributed by atoms with Crippen LogP contribution in [0.1, 0.15) is 46.0 Å². The zero-order valence-corrected chi connectivity index (χ0v) is 8.34. The molecule has 0 radical (unpaired) electrons. The average molecular weight is 185 g/mol. The summed E-state index contributed by atoms with van der Waals surface area (Å²) in [6.07, 6.45) is 4.42. The number of carboxylic acids is 1. The number of hydrogen-bond acceptors (Lipinski definition) is 3. The highest BCUT2D eigenvalue weighted by Crippen LogP contribution is 2.11. The van der Waals surface area contributed by atoms with Gasteiger partial charge in [0.1, 0.15) is 5.78 Å². The minimum atomic E-state index is -1.23. The molecule has 0 aliphatic rings. The molecule has 0 N–H and O–H groups in total. The van der Waals surface area contributed by atoms with Gasteiger partial charge in [0, 0.05) is 0 Å². The maximum Gasteiger partial charge on any atom is 0.138 e. The summed E-state index contributed by atoms with van der Waals surface area (Å²) in [4.78, 5) is 21.3. The van der Waals surface area contributed by atoms with E-state index in [1.54, 1.807) is 0 Å². The smallest absolute Gasteiger partial charge is 0.138 e. The maximum absolute atomic E-state index is 10.8. The molecule has 0 spiro atoms. The summed E-state index contributed by atoms with van der Waals surface area (Å²) in [5.74, 6) is -2.42. The standard InChI is InChI=1S/C10H18O3/c1-3-4-5-6-7-9(8(2)11)10(12)13/h9H,3-7H2,1-2H3,(H,12,13)/p-1. The lowest BCUT2D eigenvalue weighted by Gasteiger charge is -2.13. The van der Waals surface area contributed by atoms with Crippen molar-refractivity contribution in [3.63, 3.8) is 0 Å². The predicted octanol–water partition coefficient (Wildman–Crippen LogP) is 0.912. The topological polar surface area (TPSA) is 57.2 Å². The molecular formula is C10H17O3-. The highest BCUT2D eigenvalue weighted by atomic mass is 16.4. The van der Waals surface area contributed by atoms with Gasteiger partial charge in [-0.25, -0.2) is 0 Å². The summed E-state index contributed by atoms with van der Waals surface area (Å²) in [5.41, 5.74) is 0. The van der Waals surface area contributed by atoms with E-state index in [4.69, 9.17) is 0 Å². The monoisotopic (exact) mass is 185 g/mol. The van der Waals surface area contributed by atoms with Crippen LogP contribution in [0.4, 0.5) is 0 Å². The third kappa shape index (κ3) is 5.39. The van der Waals surface area contributed by atoms with Crippen molar-refractivity contribution in [3.8, 4) is 0 Å². The summed E-state index contributed by atoms with van der Waals surface area (Å²) in [6, 6.07) is 0. The lowest BCUT2D eigenvalue weighted by atomic mass is 9.97. The lowest BCUT2D eigenvalue weighted by Crippen LogP contribution is -2.35. The zero-order valence-electron chi connectivity index (χ0n) is 8.34. The van der Waals surface area contributed by atoms with E-state index in [0.29, 0.717) is 6.42 Å². The number of carbonyl (C=O) groups excluding carboxylic acids is 2. The van der Waals surface area contributed by atoms with E-state index in [2.05, 4.69) is 6.92 Å². The Labute approximate surface area is 79.1 Å². The molecule has 0 bridgehead atoms. The summed E-state index contributed by atoms with van der Waals surface area (Å²) < 4.78 is 0. The number of carbonyl (C=O) groups is 2. The molecule has 0 saturated carbocycles. The summed E-state index contributed by atoms with van der Waals surface area (Å²) in [5, 5.41) is 10.5. The second kappa shape index (κ2) is 6.63. The van der Waals surface area contributed by atoms with Gasteiger partial charge in [0.2, 0.25) is 0 Å². The minimum Gasteiger partial charge on any atom is -0.549 e. The van der Waals surface area contributed by atoms with E-state index in [0.717, 1.165) is 25.7 Å². The van der Waals surface area contributed by atoms with Crippen LogP contribution in [0.3, 0.4) is 0 Å². The van der Waals surface area contributed by atoms with Crippen LogP contribution in [0.25, 0.3) is 0 Å². The number of hydrogen-bond donors (Lipinski definition) is 0. The normalized spacial score (nSPS) is 12.5. The molecule has 0 fully saturated rings. The summed E-state index contributed by atoms with van der Waals surface area (Å²) in [7, 11) is 0. The molecular weight excluding hydrogens is 168 g/mol. The van der Waals surface area contributed by atoms with E-state index in [-0.39, 0.29) is 5.78 Å². The van der Waals surface area contributed by atoms with Crippen LogP contribution < -0.4 is 5.11 Å². The third-order valence-corrected chi connectivity index (χ3v) is 2.12. The van der Waals surface area contributed by atoms with E-state index in [1.165, 1.54) is 6.92 Å². The van der Waals surface area contributed by atoms with Crippen molar-refractivity contribution in [1.29, 1.82) is 0 Å². The molecule has 3 heteroatoms. The number of aliphatic carboxylic acids is 1. The number of ketones is 1. The quantitative estimate of drug-likeness (QED) is 0.437. The summed E-state index contributed by atoms with van der Waals surface area (Å²) >= 11 is 0. The molecule has 0 aromatic heterocycles. The van der Waals surface area contributed by atoms with E-state index in [9.17, 15) is 14.7 Å². The zero-order chi connectivity index (χ0) is 10.3. The number of Topliss-reactive ketones (excluding diaryl/α,β-unsaturated/α-hetero) is 1. The molecule has 0 saturated heterocycles. The summed E-state index contributed by atoms with van der Waals surface area (Å²) in [6.45, 7) is 3.39. The number of unbranched alkanes of at least 4 members (excludes halogenated alkanes) is 3. The molecule has 13 heavy (non-hydrogen) atoms. The predicted molar refractivity (Wildman–Crippen MR) is 47.9 cm³/mol. The van der Waals surface area contributed by atoms with Crippen molar-refractivity contribution in [2.24, 2.45) is 5.92 Å². The molecule has 0 aliphatic heterocycles. The van der Waals surface area contributed by atoms with Crippen LogP contribution >= 0.6 is 0 Å². The Bertz CT molecular complexity index is 161. The molecule has 0 aliphatic carbocycles. The first kappa shape index (κ1) is 12.1. The van der Waals surface area contributed by atoms with Gasteiger partial charge in [-0.15, -0.1) is 0 Å². The average Bonchev–Trinajstić information content (AvgIpc) is 2.02. The van der Waals surface area contributed by atoms with Gasteiger partial charge in [-0.2, -0.15) is 0 Å². The number of carboxylic acid groups (broad SMARTS) is 1. The van der Waals surface area contributed by atoms with Crippen molar-refractivity contribution in [1.82, 2.24) is 0 Å². The Balaban J connectivity index is 3.71. The van der Waals surface area contributed by atoms with Crippen LogP contribution in [0.15, 0.2) is 0 Å². The van der Waals surface area contributed by atoms with Crippen LogP contribution in [0.2, 0.25) is 0 Å². The Hall–Kier alpha value is -0.860. The van der Waals surface area contributed by atoms with Gasteiger partial charge in [-0.1, -0.05) is 32.6 Å². The molecule has 0 rings (SSSR count). The highest BCUT2D eigenvalue weighted by molar-refractivity contribution is 5.95. The van der Waals surface area contributed by atoms with E-state index in [1.807, 2.05) is 0 Å². The second-order valence-electron chi connectivity index (χ2n) is 3.33. The van der Waals surface area contributed by atoms with Gasteiger partial charge in [0.15, 0.2) is 0 Å². The fraction of sp³-hybridized carbons (Fsp3) is 0.800. The van der Waals surface area contributed by atoms with Crippen molar-refractivity contribution < 1.29 is 14.7 Å². The molecule has 0 heterocycles. The molecule has 1 atom stereocenters. The SMILES string of the molecule is CCCCCCC(C(C)=O)C(=O)[O-]. The van der Waals surface area contributed by atoms with Crippen LogP contribution in [-0.4, -0.2) is 11.8 Å². The fourth-order valence-electron chi connectivity index (χ4n) is 1.26. The van der Waals surface area contributed by atoms with E-state index >= 15 is 0 Å². The van der Waals surface area contributed by atoms with Crippen LogP contribution in [-0.2, 0) is 9.59 Å². The van der Waals surface area contributed by atoms with Gasteiger partial charge in [-0.3, -0.25) is 4.79 Å². The van der Waals surface area contributed by atoms with Crippen molar-refractivity contribution >= 4 is 11.8 Å². The Morgan fingerprint density at radius 2 is 1.85 bits per heavy atom. The number of rotatable bonds is 7. The van der Waals surface area contributed by atoms with Gasteiger partial charge in [0.05, 0.1) is 11.9 Å². The molecule has 0 aromatic carbocycles. The van der Waals surface area contributed by atoms with E-state index < -0.39 is 11.9 Å². The largest absolute Gasteiger partial charge is 0.549 e. The van der Waals surface area contributed by atoms with Gasteiger partial charge in [0.25, 0.3) is 0 Å². The minimum absolute atomic E-state index is 0.295. The van der Waals surface area contributed by atoms with Gasteiger partial charge in [-0.05, 0) is 13.3 Å². The lowest BCUT2D eigenvalue weighted by molar-refractivity contribution is -0.310. The van der Waals surface area contributed by atoms with Crippen molar-refractivity contribution in [3.05, 3.63) is 0 Å². The first-order valence-corrected chi connectivity index (χ1v) is 4.81. The molecule has 0 aromatic rings. The van der Waals surface area contributed by atoms with Gasteiger partial charge < -0.3 is 9.90 Å². The van der Waals surface area contributed by atoms with Gasteiger partial charge >= 0.3 is 0 Å². The van der Waals surface area contributed by atoms with Crippen LogP contribution in [0.5, 0.6) is 0 Å². The fourth-order valence-corrected chi connectivity index (χ4v) is 1.26.